The molecule has 8 aromatic rings. The summed E-state index contributed by atoms with van der Waals surface area (Å²) in [5, 5.41) is 1.07. The smallest absolute Gasteiger partial charge is 0.195 e. The molecule has 0 amide bonds. The Bertz CT molecular complexity index is 2480. The zero-order valence-electron chi connectivity index (χ0n) is 23.6. The molecule has 0 aliphatic heterocycles. The van der Waals surface area contributed by atoms with Gasteiger partial charge in [0.2, 0.25) is 0 Å². The van der Waals surface area contributed by atoms with Gasteiger partial charge < -0.3 is 0 Å². The van der Waals surface area contributed by atoms with Gasteiger partial charge in [-0.25, -0.2) is 14.8 Å². The van der Waals surface area contributed by atoms with E-state index in [9.17, 15) is 0 Å². The van der Waals surface area contributed by atoms with E-state index in [1.54, 1.807) is 11.3 Å². The van der Waals surface area contributed by atoms with E-state index in [-0.39, 0.29) is 5.41 Å². The number of benzene rings is 5. The molecule has 43 heavy (non-hydrogen) atoms. The van der Waals surface area contributed by atoms with Crippen molar-refractivity contribution in [3.8, 4) is 33.5 Å². The predicted octanol–water partition coefficient (Wildman–Crippen LogP) is 10.4. The zero-order valence-corrected chi connectivity index (χ0v) is 24.4. The molecule has 1 aliphatic carbocycles. The molecule has 0 fully saturated rings. The third-order valence-corrected chi connectivity index (χ3v) is 10.1. The summed E-state index contributed by atoms with van der Waals surface area (Å²) in [5.74, 6) is 0. The van der Waals surface area contributed by atoms with Crippen molar-refractivity contribution in [2.75, 3.05) is 0 Å². The van der Waals surface area contributed by atoms with Crippen molar-refractivity contribution in [1.82, 2.24) is 14.4 Å². The number of hydrogen-bond acceptors (Lipinski definition) is 3. The van der Waals surface area contributed by atoms with Gasteiger partial charge in [0.15, 0.2) is 10.6 Å². The lowest BCUT2D eigenvalue weighted by Gasteiger charge is -2.22. The number of nitrogens with zero attached hydrogens (tertiary/aromatic N) is 4. The SMILES string of the molecule is [C-]#[N+]c1ccc2c(c1)C(C)(C)c1cc(-c3ccc(-c4nc5ccccc5c5nc6sc7ccccc7n6c45)cc3)ccc1-2. The molecule has 202 valence electrons. The van der Waals surface area contributed by atoms with Crippen LogP contribution in [-0.2, 0) is 5.41 Å². The molecule has 3 aromatic heterocycles. The first kappa shape index (κ1) is 24.3. The van der Waals surface area contributed by atoms with Crippen LogP contribution in [0.2, 0.25) is 0 Å². The lowest BCUT2D eigenvalue weighted by Crippen LogP contribution is -2.14. The Morgan fingerprint density at radius 3 is 2.26 bits per heavy atom. The Kier molecular flexibility index (Phi) is 4.86. The van der Waals surface area contributed by atoms with E-state index < -0.39 is 0 Å². The van der Waals surface area contributed by atoms with Crippen molar-refractivity contribution in [2.24, 2.45) is 0 Å². The Hall–Kier alpha value is -5.31. The third-order valence-electron chi connectivity index (χ3n) is 9.05. The van der Waals surface area contributed by atoms with E-state index in [2.05, 4.69) is 120 Å². The van der Waals surface area contributed by atoms with Crippen LogP contribution in [0.15, 0.2) is 109 Å². The molecule has 0 unspecified atom stereocenters. The van der Waals surface area contributed by atoms with Gasteiger partial charge in [0.1, 0.15) is 11.0 Å². The van der Waals surface area contributed by atoms with E-state index in [1.165, 1.54) is 32.5 Å². The number of rotatable bonds is 2. The molecule has 3 heterocycles. The highest BCUT2D eigenvalue weighted by molar-refractivity contribution is 7.23. The summed E-state index contributed by atoms with van der Waals surface area (Å²) in [6.07, 6.45) is 0. The molecule has 4 nitrogen and oxygen atoms in total. The van der Waals surface area contributed by atoms with Crippen LogP contribution >= 0.6 is 11.3 Å². The molecule has 0 saturated heterocycles. The van der Waals surface area contributed by atoms with Gasteiger partial charge in [-0.15, -0.1) is 0 Å². The van der Waals surface area contributed by atoms with Crippen LogP contribution in [0.3, 0.4) is 0 Å². The second kappa shape index (κ2) is 8.61. The van der Waals surface area contributed by atoms with Crippen molar-refractivity contribution in [2.45, 2.75) is 19.3 Å². The van der Waals surface area contributed by atoms with E-state index in [1.807, 2.05) is 12.1 Å². The molecule has 5 aromatic carbocycles. The highest BCUT2D eigenvalue weighted by Crippen LogP contribution is 2.50. The summed E-state index contributed by atoms with van der Waals surface area (Å²) < 4.78 is 3.49. The Balaban J connectivity index is 1.20. The number of imidazole rings is 1. The molecular weight excluding hydrogens is 545 g/mol. The molecule has 0 saturated carbocycles. The van der Waals surface area contributed by atoms with Crippen LogP contribution in [0, 0.1) is 6.57 Å². The molecule has 0 radical (unpaired) electrons. The molecular formula is C38H24N4S. The second-order valence-electron chi connectivity index (χ2n) is 11.8. The van der Waals surface area contributed by atoms with Crippen molar-refractivity contribution < 1.29 is 0 Å². The Morgan fingerprint density at radius 2 is 1.42 bits per heavy atom. The fraction of sp³-hybridized carbons (Fsp3) is 0.0789. The standard InChI is InChI=1S/C38H24N4S/c1-38(2)29-20-24(16-18-26(29)27-19-17-25(39-3)21-30(27)38)22-12-14-23(15-13-22)34-36-35(28-8-4-5-9-31(28)40-34)41-37-42(36)32-10-6-7-11-33(32)43-37/h4-21H,1-2H3. The molecule has 9 rings (SSSR count). The summed E-state index contributed by atoms with van der Waals surface area (Å²) in [6, 6.07) is 38.4. The van der Waals surface area contributed by atoms with Crippen LogP contribution in [0.4, 0.5) is 5.69 Å². The molecule has 0 bridgehead atoms. The number of aromatic nitrogens is 3. The van der Waals surface area contributed by atoms with Gasteiger partial charge in [0, 0.05) is 16.4 Å². The highest BCUT2D eigenvalue weighted by atomic mass is 32.1. The topological polar surface area (TPSA) is 34.5 Å². The maximum atomic E-state index is 7.48. The summed E-state index contributed by atoms with van der Waals surface area (Å²) in [7, 11) is 0. The van der Waals surface area contributed by atoms with Crippen LogP contribution in [0.25, 0.3) is 75.5 Å². The minimum atomic E-state index is -0.168. The normalized spacial score (nSPS) is 13.5. The largest absolute Gasteiger partial charge is 0.281 e. The minimum absolute atomic E-state index is 0.168. The summed E-state index contributed by atoms with van der Waals surface area (Å²) in [5.41, 5.74) is 14.0. The monoisotopic (exact) mass is 568 g/mol. The fourth-order valence-corrected chi connectivity index (χ4v) is 7.89. The molecule has 0 atom stereocenters. The lowest BCUT2D eigenvalue weighted by atomic mass is 9.81. The fourth-order valence-electron chi connectivity index (χ4n) is 6.87. The van der Waals surface area contributed by atoms with Gasteiger partial charge in [0.05, 0.1) is 28.0 Å². The predicted molar refractivity (Wildman–Crippen MR) is 178 cm³/mol. The number of thiazole rings is 1. The average Bonchev–Trinajstić information content (AvgIpc) is 3.67. The summed E-state index contributed by atoms with van der Waals surface area (Å²) in [6.45, 7) is 12.0. The highest BCUT2D eigenvalue weighted by Gasteiger charge is 2.35. The van der Waals surface area contributed by atoms with E-state index in [0.717, 1.165) is 49.2 Å². The molecule has 0 spiro atoms. The number of pyridine rings is 1. The third kappa shape index (κ3) is 3.36. The zero-order chi connectivity index (χ0) is 28.9. The van der Waals surface area contributed by atoms with Gasteiger partial charge in [-0.3, -0.25) is 4.40 Å². The van der Waals surface area contributed by atoms with Gasteiger partial charge in [0.25, 0.3) is 0 Å². The van der Waals surface area contributed by atoms with Gasteiger partial charge >= 0.3 is 0 Å². The first-order chi connectivity index (χ1) is 21.0. The average molecular weight is 569 g/mol. The maximum absolute atomic E-state index is 7.48. The number of fused-ring (bicyclic) bond motifs is 10. The first-order valence-electron chi connectivity index (χ1n) is 14.4. The summed E-state index contributed by atoms with van der Waals surface area (Å²) >= 11 is 1.72. The van der Waals surface area contributed by atoms with Crippen LogP contribution in [-0.4, -0.2) is 14.4 Å². The molecule has 1 aliphatic rings. The second-order valence-corrected chi connectivity index (χ2v) is 12.8. The van der Waals surface area contributed by atoms with Crippen molar-refractivity contribution in [1.29, 1.82) is 0 Å². The van der Waals surface area contributed by atoms with Gasteiger partial charge in [-0.1, -0.05) is 110 Å². The minimum Gasteiger partial charge on any atom is -0.281 e. The number of para-hydroxylation sites is 2. The van der Waals surface area contributed by atoms with Crippen molar-refractivity contribution in [3.63, 3.8) is 0 Å². The van der Waals surface area contributed by atoms with Crippen LogP contribution < -0.4 is 0 Å². The Morgan fingerprint density at radius 1 is 0.721 bits per heavy atom. The van der Waals surface area contributed by atoms with E-state index >= 15 is 0 Å². The lowest BCUT2D eigenvalue weighted by molar-refractivity contribution is 0.661. The molecule has 5 heteroatoms. The quantitative estimate of drug-likeness (QED) is 0.194. The van der Waals surface area contributed by atoms with Crippen LogP contribution in [0.1, 0.15) is 25.0 Å². The molecule has 0 N–H and O–H groups in total. The van der Waals surface area contributed by atoms with Crippen molar-refractivity contribution in [3.05, 3.63) is 132 Å². The number of hydrogen-bond donors (Lipinski definition) is 0. The van der Waals surface area contributed by atoms with E-state index in [4.69, 9.17) is 16.5 Å². The maximum Gasteiger partial charge on any atom is 0.195 e. The van der Waals surface area contributed by atoms with Crippen LogP contribution in [0.5, 0.6) is 0 Å². The van der Waals surface area contributed by atoms with Gasteiger partial charge in [-0.2, -0.15) is 0 Å². The van der Waals surface area contributed by atoms with Crippen molar-refractivity contribution >= 4 is 54.1 Å². The van der Waals surface area contributed by atoms with Gasteiger partial charge in [-0.05, 0) is 57.6 Å². The van der Waals surface area contributed by atoms with E-state index in [0.29, 0.717) is 5.69 Å². The Labute approximate surface area is 252 Å². The first-order valence-corrected chi connectivity index (χ1v) is 15.2. The summed E-state index contributed by atoms with van der Waals surface area (Å²) in [4.78, 5) is 15.0.